The van der Waals surface area contributed by atoms with Gasteiger partial charge in [0.2, 0.25) is 0 Å². The SMILES string of the molecule is COc1cc(CC2CNC(C)C2)ccc1O. The molecular formula is C13H19NO2. The van der Waals surface area contributed by atoms with Crippen LogP contribution < -0.4 is 10.1 Å². The first-order chi connectivity index (χ1) is 7.69. The number of phenolic OH excluding ortho intramolecular Hbond substituents is 1. The molecule has 2 N–H and O–H groups in total. The van der Waals surface area contributed by atoms with Gasteiger partial charge in [0.1, 0.15) is 0 Å². The molecule has 88 valence electrons. The number of nitrogens with one attached hydrogen (secondary N) is 1. The number of rotatable bonds is 3. The van der Waals surface area contributed by atoms with Crippen molar-refractivity contribution in [3.05, 3.63) is 23.8 Å². The highest BCUT2D eigenvalue weighted by Gasteiger charge is 2.20. The van der Waals surface area contributed by atoms with Gasteiger partial charge in [-0.3, -0.25) is 0 Å². The van der Waals surface area contributed by atoms with Gasteiger partial charge in [-0.1, -0.05) is 6.07 Å². The number of methoxy groups -OCH3 is 1. The number of aromatic hydroxyl groups is 1. The summed E-state index contributed by atoms with van der Waals surface area (Å²) in [7, 11) is 1.58. The average molecular weight is 221 g/mol. The van der Waals surface area contributed by atoms with Gasteiger partial charge in [0.05, 0.1) is 7.11 Å². The Morgan fingerprint density at radius 1 is 1.50 bits per heavy atom. The molecule has 0 saturated carbocycles. The molecule has 0 bridgehead atoms. The molecule has 1 aromatic carbocycles. The Balaban J connectivity index is 2.04. The Hall–Kier alpha value is -1.22. The van der Waals surface area contributed by atoms with E-state index in [0.717, 1.165) is 13.0 Å². The van der Waals surface area contributed by atoms with E-state index < -0.39 is 0 Å². The third-order valence-corrected chi connectivity index (χ3v) is 3.21. The molecule has 0 aliphatic carbocycles. The summed E-state index contributed by atoms with van der Waals surface area (Å²) in [4.78, 5) is 0. The van der Waals surface area contributed by atoms with Crippen LogP contribution in [0.4, 0.5) is 0 Å². The van der Waals surface area contributed by atoms with E-state index in [0.29, 0.717) is 17.7 Å². The maximum atomic E-state index is 9.50. The number of benzene rings is 1. The lowest BCUT2D eigenvalue weighted by molar-refractivity contribution is 0.372. The van der Waals surface area contributed by atoms with Crippen LogP contribution in [0.25, 0.3) is 0 Å². The maximum Gasteiger partial charge on any atom is 0.160 e. The predicted molar refractivity (Wildman–Crippen MR) is 63.9 cm³/mol. The molecule has 2 unspecified atom stereocenters. The van der Waals surface area contributed by atoms with Crippen molar-refractivity contribution in [2.45, 2.75) is 25.8 Å². The third kappa shape index (κ3) is 2.47. The number of phenols is 1. The smallest absolute Gasteiger partial charge is 0.160 e. The van der Waals surface area contributed by atoms with E-state index in [1.54, 1.807) is 13.2 Å². The molecule has 0 amide bonds. The predicted octanol–water partition coefficient (Wildman–Crippen LogP) is 1.94. The molecule has 1 saturated heterocycles. The fraction of sp³-hybridized carbons (Fsp3) is 0.538. The van der Waals surface area contributed by atoms with Crippen LogP contribution in [0.3, 0.4) is 0 Å². The molecule has 0 aromatic heterocycles. The number of ether oxygens (including phenoxy) is 1. The van der Waals surface area contributed by atoms with Crippen LogP contribution in [0.2, 0.25) is 0 Å². The van der Waals surface area contributed by atoms with Gasteiger partial charge >= 0.3 is 0 Å². The van der Waals surface area contributed by atoms with Crippen molar-refractivity contribution < 1.29 is 9.84 Å². The van der Waals surface area contributed by atoms with Crippen LogP contribution in [0.5, 0.6) is 11.5 Å². The summed E-state index contributed by atoms with van der Waals surface area (Å²) < 4.78 is 5.11. The molecule has 3 heteroatoms. The molecule has 1 aliphatic heterocycles. The van der Waals surface area contributed by atoms with Gasteiger partial charge in [-0.15, -0.1) is 0 Å². The molecule has 1 heterocycles. The second-order valence-corrected chi connectivity index (χ2v) is 4.62. The van der Waals surface area contributed by atoms with Gasteiger partial charge in [-0.05, 0) is 49.9 Å². The summed E-state index contributed by atoms with van der Waals surface area (Å²) in [6.07, 6.45) is 2.27. The van der Waals surface area contributed by atoms with Crippen molar-refractivity contribution in [3.8, 4) is 11.5 Å². The second kappa shape index (κ2) is 4.74. The molecular weight excluding hydrogens is 202 g/mol. The Bertz CT molecular complexity index is 365. The van der Waals surface area contributed by atoms with Crippen LogP contribution >= 0.6 is 0 Å². The van der Waals surface area contributed by atoms with Gasteiger partial charge in [0.25, 0.3) is 0 Å². The Morgan fingerprint density at radius 2 is 2.31 bits per heavy atom. The summed E-state index contributed by atoms with van der Waals surface area (Å²) in [6.45, 7) is 3.31. The monoisotopic (exact) mass is 221 g/mol. The summed E-state index contributed by atoms with van der Waals surface area (Å²) in [5, 5.41) is 12.9. The van der Waals surface area contributed by atoms with Crippen molar-refractivity contribution >= 4 is 0 Å². The van der Waals surface area contributed by atoms with E-state index >= 15 is 0 Å². The highest BCUT2D eigenvalue weighted by atomic mass is 16.5. The summed E-state index contributed by atoms with van der Waals surface area (Å²) >= 11 is 0. The first-order valence-corrected chi connectivity index (χ1v) is 5.78. The van der Waals surface area contributed by atoms with Crippen LogP contribution in [0.15, 0.2) is 18.2 Å². The van der Waals surface area contributed by atoms with E-state index in [1.165, 1.54) is 12.0 Å². The zero-order valence-electron chi connectivity index (χ0n) is 9.86. The van der Waals surface area contributed by atoms with Gasteiger partial charge < -0.3 is 15.2 Å². The van der Waals surface area contributed by atoms with Crippen LogP contribution in [0, 0.1) is 5.92 Å². The van der Waals surface area contributed by atoms with E-state index in [2.05, 4.69) is 12.2 Å². The quantitative estimate of drug-likeness (QED) is 0.819. The Kier molecular flexibility index (Phi) is 3.34. The van der Waals surface area contributed by atoms with Crippen molar-refractivity contribution in [3.63, 3.8) is 0 Å². The minimum atomic E-state index is 0.212. The average Bonchev–Trinajstić information content (AvgIpc) is 2.67. The highest BCUT2D eigenvalue weighted by molar-refractivity contribution is 5.41. The summed E-state index contributed by atoms with van der Waals surface area (Å²) in [6, 6.07) is 6.24. The molecule has 0 radical (unpaired) electrons. The molecule has 2 rings (SSSR count). The zero-order chi connectivity index (χ0) is 11.5. The van der Waals surface area contributed by atoms with Gasteiger partial charge in [-0.25, -0.2) is 0 Å². The van der Waals surface area contributed by atoms with Gasteiger partial charge in [0, 0.05) is 6.04 Å². The van der Waals surface area contributed by atoms with E-state index in [9.17, 15) is 5.11 Å². The Morgan fingerprint density at radius 3 is 2.94 bits per heavy atom. The van der Waals surface area contributed by atoms with Crippen LogP contribution in [-0.4, -0.2) is 24.8 Å². The van der Waals surface area contributed by atoms with Crippen LogP contribution in [-0.2, 0) is 6.42 Å². The second-order valence-electron chi connectivity index (χ2n) is 4.62. The van der Waals surface area contributed by atoms with Crippen LogP contribution in [0.1, 0.15) is 18.9 Å². The van der Waals surface area contributed by atoms with E-state index in [-0.39, 0.29) is 5.75 Å². The minimum Gasteiger partial charge on any atom is -0.504 e. The van der Waals surface area contributed by atoms with Crippen molar-refractivity contribution in [2.75, 3.05) is 13.7 Å². The van der Waals surface area contributed by atoms with Crippen molar-refractivity contribution in [2.24, 2.45) is 5.92 Å². The topological polar surface area (TPSA) is 41.5 Å². The largest absolute Gasteiger partial charge is 0.504 e. The lowest BCUT2D eigenvalue weighted by Gasteiger charge is -2.10. The molecule has 1 aromatic rings. The lowest BCUT2D eigenvalue weighted by Crippen LogP contribution is -2.17. The fourth-order valence-corrected chi connectivity index (χ4v) is 2.37. The molecule has 16 heavy (non-hydrogen) atoms. The maximum absolute atomic E-state index is 9.50. The van der Waals surface area contributed by atoms with Gasteiger partial charge in [0.15, 0.2) is 11.5 Å². The molecule has 3 nitrogen and oxygen atoms in total. The number of hydrogen-bond donors (Lipinski definition) is 2. The fourth-order valence-electron chi connectivity index (χ4n) is 2.37. The number of hydrogen-bond acceptors (Lipinski definition) is 3. The molecule has 1 fully saturated rings. The standard InChI is InChI=1S/C13H19NO2/c1-9-5-11(8-14-9)6-10-3-4-12(15)13(7-10)16-2/h3-4,7,9,11,14-15H,5-6,8H2,1-2H3. The molecule has 0 spiro atoms. The van der Waals surface area contributed by atoms with Gasteiger partial charge in [-0.2, -0.15) is 0 Å². The van der Waals surface area contributed by atoms with E-state index in [1.807, 2.05) is 12.1 Å². The van der Waals surface area contributed by atoms with Crippen molar-refractivity contribution in [1.82, 2.24) is 5.32 Å². The lowest BCUT2D eigenvalue weighted by atomic mass is 9.97. The zero-order valence-corrected chi connectivity index (χ0v) is 9.86. The minimum absolute atomic E-state index is 0.212. The summed E-state index contributed by atoms with van der Waals surface area (Å²) in [5.74, 6) is 1.48. The highest BCUT2D eigenvalue weighted by Crippen LogP contribution is 2.28. The molecule has 1 aliphatic rings. The van der Waals surface area contributed by atoms with E-state index in [4.69, 9.17) is 4.74 Å². The summed E-state index contributed by atoms with van der Waals surface area (Å²) in [5.41, 5.74) is 1.23. The molecule has 2 atom stereocenters. The first kappa shape index (κ1) is 11.3. The van der Waals surface area contributed by atoms with Crippen molar-refractivity contribution in [1.29, 1.82) is 0 Å². The normalized spacial score (nSPS) is 24.6. The third-order valence-electron chi connectivity index (χ3n) is 3.21. The Labute approximate surface area is 96.4 Å². The first-order valence-electron chi connectivity index (χ1n) is 5.78.